The molecule has 0 heterocycles. The molecule has 0 saturated heterocycles. The molecule has 0 aromatic rings. The van der Waals surface area contributed by atoms with E-state index >= 15 is 0 Å². The van der Waals surface area contributed by atoms with Gasteiger partial charge in [0.05, 0.1) is 6.61 Å². The molecule has 0 atom stereocenters. The maximum Gasteiger partial charge on any atom is 0.366 e. The number of unbranched alkanes of at least 4 members (excludes halogenated alkanes) is 3. The number of hydrogen-bond donors (Lipinski definition) is 1. The molecule has 0 unspecified atom stereocenters. The van der Waals surface area contributed by atoms with Gasteiger partial charge in [0.1, 0.15) is 0 Å². The zero-order valence-corrected chi connectivity index (χ0v) is 12.5. The fourth-order valence-electron chi connectivity index (χ4n) is 1.50. The van der Waals surface area contributed by atoms with E-state index < -0.39 is 17.5 Å². The van der Waals surface area contributed by atoms with Gasteiger partial charge in [-0.05, 0) is 20.3 Å². The Balaban J connectivity index is 4.72. The molecular weight excluding hydrogens is 264 g/mol. The van der Waals surface area contributed by atoms with Gasteiger partial charge in [-0.3, -0.25) is 8.74 Å². The normalized spacial score (nSPS) is 15.4. The summed E-state index contributed by atoms with van der Waals surface area (Å²) >= 11 is 0. The summed E-state index contributed by atoms with van der Waals surface area (Å²) in [5.74, 6) is -0.416. The molecule has 0 aromatic carbocycles. The van der Waals surface area contributed by atoms with Gasteiger partial charge in [-0.15, -0.1) is 0 Å². The first-order valence-electron chi connectivity index (χ1n) is 6.00. The molecule has 0 aliphatic rings. The maximum atomic E-state index is 12.5. The minimum Gasteiger partial charge on any atom is -0.274 e. The van der Waals surface area contributed by atoms with Crippen LogP contribution in [0.1, 0.15) is 46.5 Å². The molecule has 0 rings (SSSR count). The minimum atomic E-state index is -4.69. The average Bonchev–Trinajstić information content (AvgIpc) is 2.27. The Bertz CT molecular complexity index is 378. The second-order valence-corrected chi connectivity index (χ2v) is 12.0. The van der Waals surface area contributed by atoms with Crippen LogP contribution in [0, 0.1) is 0 Å². The Labute approximate surface area is 104 Å². The Morgan fingerprint density at radius 1 is 1.06 bits per heavy atom. The van der Waals surface area contributed by atoms with Crippen molar-refractivity contribution in [3.8, 4) is 0 Å². The second kappa shape index (κ2) is 6.26. The molecule has 0 saturated carbocycles. The van der Waals surface area contributed by atoms with Crippen molar-refractivity contribution in [2.75, 3.05) is 18.1 Å². The maximum absolute atomic E-state index is 12.5. The van der Waals surface area contributed by atoms with E-state index in [2.05, 4.69) is 6.92 Å². The van der Waals surface area contributed by atoms with Crippen molar-refractivity contribution >= 4 is 17.5 Å². The molecule has 1 N–H and O–H groups in total. The van der Waals surface area contributed by atoms with Crippen molar-refractivity contribution in [3.05, 3.63) is 0 Å². The lowest BCUT2D eigenvalue weighted by molar-refractivity contribution is 0.313. The molecule has 0 radical (unpaired) electrons. The molecule has 17 heavy (non-hydrogen) atoms. The molecule has 7 heteroatoms. The summed E-state index contributed by atoms with van der Waals surface area (Å²) < 4.78 is 49.5. The first-order chi connectivity index (χ1) is 7.74. The third kappa shape index (κ3) is 3.74. The minimum absolute atomic E-state index is 0.104. The molecule has 0 aromatic heterocycles. The van der Waals surface area contributed by atoms with Crippen LogP contribution in [0.3, 0.4) is 0 Å². The zero-order chi connectivity index (χ0) is 13.6. The standard InChI is InChI=1S/C10H24O5S2/c1-4-7-8-9-10-15-17(14,5-2,6-3)16(11,12)13/h4-10H2,1-3H3,(H,11,12,13). The fourth-order valence-corrected chi connectivity index (χ4v) is 5.81. The Kier molecular flexibility index (Phi) is 6.27. The second-order valence-electron chi connectivity index (χ2n) is 4.00. The van der Waals surface area contributed by atoms with Crippen molar-refractivity contribution in [2.24, 2.45) is 0 Å². The highest BCUT2D eigenvalue weighted by atomic mass is 33.2. The topological polar surface area (TPSA) is 80.7 Å². The third-order valence-electron chi connectivity index (χ3n) is 2.93. The van der Waals surface area contributed by atoms with Crippen molar-refractivity contribution in [1.29, 1.82) is 0 Å². The molecular formula is C10H24O5S2. The number of hydrogen-bond acceptors (Lipinski definition) is 4. The van der Waals surface area contributed by atoms with E-state index in [1.54, 1.807) is 0 Å². The Hall–Kier alpha value is 0.0200. The van der Waals surface area contributed by atoms with Gasteiger partial charge in [0.25, 0.3) is 0 Å². The van der Waals surface area contributed by atoms with E-state index in [-0.39, 0.29) is 18.1 Å². The summed E-state index contributed by atoms with van der Waals surface area (Å²) in [6, 6.07) is 0. The van der Waals surface area contributed by atoms with Gasteiger partial charge >= 0.3 is 9.15 Å². The van der Waals surface area contributed by atoms with Crippen LogP contribution in [0.15, 0.2) is 0 Å². The van der Waals surface area contributed by atoms with Crippen LogP contribution in [0.25, 0.3) is 0 Å². The molecule has 0 aliphatic heterocycles. The predicted molar refractivity (Wildman–Crippen MR) is 70.9 cm³/mol. The lowest BCUT2D eigenvalue weighted by Crippen LogP contribution is -2.48. The highest BCUT2D eigenvalue weighted by molar-refractivity contribution is 8.77. The summed E-state index contributed by atoms with van der Waals surface area (Å²) in [5, 5.41) is 0. The highest BCUT2D eigenvalue weighted by Crippen LogP contribution is 2.33. The van der Waals surface area contributed by atoms with Crippen LogP contribution in [-0.2, 0) is 21.7 Å². The average molecular weight is 288 g/mol. The van der Waals surface area contributed by atoms with Gasteiger partial charge in [-0.2, -0.15) is 12.6 Å². The van der Waals surface area contributed by atoms with Crippen LogP contribution in [-0.4, -0.2) is 35.3 Å². The predicted octanol–water partition coefficient (Wildman–Crippen LogP) is 2.16. The first-order valence-corrected chi connectivity index (χ1v) is 10.2. The highest BCUT2D eigenvalue weighted by Gasteiger charge is 2.41. The first kappa shape index (κ1) is 17.0. The Morgan fingerprint density at radius 3 is 1.94 bits per heavy atom. The van der Waals surface area contributed by atoms with Crippen molar-refractivity contribution in [2.45, 2.75) is 46.5 Å². The fraction of sp³-hybridized carbons (Fsp3) is 1.00. The van der Waals surface area contributed by atoms with E-state index in [0.717, 1.165) is 19.3 Å². The monoisotopic (exact) mass is 288 g/mol. The van der Waals surface area contributed by atoms with Crippen LogP contribution in [0.5, 0.6) is 0 Å². The summed E-state index contributed by atoms with van der Waals surface area (Å²) in [6.07, 6.45) is 3.63. The van der Waals surface area contributed by atoms with Crippen molar-refractivity contribution in [1.82, 2.24) is 0 Å². The molecule has 0 bridgehead atoms. The Morgan fingerprint density at radius 2 is 1.59 bits per heavy atom. The van der Waals surface area contributed by atoms with Crippen LogP contribution >= 0.6 is 0 Å². The van der Waals surface area contributed by atoms with Gasteiger partial charge in [-0.1, -0.05) is 34.6 Å². The van der Waals surface area contributed by atoms with Gasteiger partial charge in [0.15, 0.2) is 0 Å². The number of rotatable bonds is 9. The summed E-state index contributed by atoms with van der Waals surface area (Å²) in [5.41, 5.74) is 0. The van der Waals surface area contributed by atoms with Crippen molar-refractivity contribution < 1.29 is 21.4 Å². The smallest absolute Gasteiger partial charge is 0.274 e. The zero-order valence-electron chi connectivity index (χ0n) is 10.8. The SMILES string of the molecule is CCCCCCOS(=O)(CC)(CC)S(=O)(=O)O. The van der Waals surface area contributed by atoms with Crippen LogP contribution in [0.4, 0.5) is 0 Å². The molecule has 0 aliphatic carbocycles. The van der Waals surface area contributed by atoms with Gasteiger partial charge < -0.3 is 0 Å². The summed E-state index contributed by atoms with van der Waals surface area (Å²) in [6.45, 7) is 5.08. The van der Waals surface area contributed by atoms with E-state index in [4.69, 9.17) is 4.18 Å². The molecule has 0 fully saturated rings. The summed E-state index contributed by atoms with van der Waals surface area (Å²) in [4.78, 5) is 0. The van der Waals surface area contributed by atoms with Gasteiger partial charge in [0, 0.05) is 11.5 Å². The van der Waals surface area contributed by atoms with E-state index in [1.807, 2.05) is 0 Å². The van der Waals surface area contributed by atoms with Crippen molar-refractivity contribution in [3.63, 3.8) is 0 Å². The van der Waals surface area contributed by atoms with Gasteiger partial charge in [-0.25, -0.2) is 0 Å². The lowest BCUT2D eigenvalue weighted by atomic mass is 10.2. The largest absolute Gasteiger partial charge is 0.366 e. The molecule has 0 spiro atoms. The quantitative estimate of drug-likeness (QED) is 0.399. The van der Waals surface area contributed by atoms with E-state index in [0.29, 0.717) is 6.42 Å². The van der Waals surface area contributed by atoms with Crippen LogP contribution in [0.2, 0.25) is 0 Å². The molecule has 106 valence electrons. The summed E-state index contributed by atoms with van der Waals surface area (Å²) in [7, 11) is -9.12. The van der Waals surface area contributed by atoms with E-state index in [9.17, 15) is 17.2 Å². The lowest BCUT2D eigenvalue weighted by Gasteiger charge is -2.42. The van der Waals surface area contributed by atoms with Crippen LogP contribution < -0.4 is 0 Å². The third-order valence-corrected chi connectivity index (χ3v) is 11.3. The molecule has 5 nitrogen and oxygen atoms in total. The molecule has 0 amide bonds. The van der Waals surface area contributed by atoms with E-state index in [1.165, 1.54) is 13.8 Å². The van der Waals surface area contributed by atoms with Gasteiger partial charge in [0.2, 0.25) is 0 Å².